The zero-order valence-corrected chi connectivity index (χ0v) is 12.5. The van der Waals surface area contributed by atoms with Crippen LogP contribution in [-0.4, -0.2) is 29.7 Å². The molecule has 2 aromatic rings. The van der Waals surface area contributed by atoms with Gasteiger partial charge in [0, 0.05) is 19.4 Å². The van der Waals surface area contributed by atoms with Crippen molar-refractivity contribution in [3.8, 4) is 11.5 Å². The molecule has 0 amide bonds. The topological polar surface area (TPSA) is 62.6 Å². The Morgan fingerprint density at radius 3 is 2.67 bits per heavy atom. The highest BCUT2D eigenvalue weighted by atomic mass is 16.5. The Balaban J connectivity index is 2.38. The molecule has 21 heavy (non-hydrogen) atoms. The molecule has 6 nitrogen and oxygen atoms in total. The highest BCUT2D eigenvalue weighted by Crippen LogP contribution is 2.34. The number of carbonyl (C=O) groups excluding carboxylic acids is 1. The number of hydrogen-bond donors (Lipinski definition) is 0. The van der Waals surface area contributed by atoms with E-state index < -0.39 is 5.97 Å². The molecule has 2 rings (SSSR count). The summed E-state index contributed by atoms with van der Waals surface area (Å²) in [5.74, 6) is 1.09. The lowest BCUT2D eigenvalue weighted by molar-refractivity contribution is 0.0592. The average Bonchev–Trinajstić information content (AvgIpc) is 2.92. The van der Waals surface area contributed by atoms with Crippen LogP contribution in [0.1, 0.15) is 29.2 Å². The normalized spacial score (nSPS) is 11.8. The van der Waals surface area contributed by atoms with Crippen molar-refractivity contribution in [1.82, 2.24) is 9.55 Å². The lowest BCUT2D eigenvalue weighted by Gasteiger charge is -2.18. The first-order valence-electron chi connectivity index (χ1n) is 6.47. The molecule has 0 aliphatic carbocycles. The van der Waals surface area contributed by atoms with Crippen LogP contribution in [0, 0.1) is 0 Å². The van der Waals surface area contributed by atoms with Crippen molar-refractivity contribution < 1.29 is 19.0 Å². The second-order valence-electron chi connectivity index (χ2n) is 4.48. The molecule has 1 unspecified atom stereocenters. The van der Waals surface area contributed by atoms with Crippen molar-refractivity contribution in [1.29, 1.82) is 0 Å². The molecule has 0 radical (unpaired) electrons. The molecule has 112 valence electrons. The van der Waals surface area contributed by atoms with Gasteiger partial charge in [0.15, 0.2) is 17.6 Å². The molecular formula is C15H18N2O4. The Bertz CT molecular complexity index is 636. The summed E-state index contributed by atoms with van der Waals surface area (Å²) in [6.07, 6.45) is 3.18. The number of imidazole rings is 1. The third kappa shape index (κ3) is 2.99. The van der Waals surface area contributed by atoms with Gasteiger partial charge in [-0.2, -0.15) is 0 Å². The maximum absolute atomic E-state index is 11.9. The Morgan fingerprint density at radius 2 is 2.10 bits per heavy atom. The summed E-state index contributed by atoms with van der Waals surface area (Å²) in [6, 6.07) is 5.07. The van der Waals surface area contributed by atoms with Crippen molar-refractivity contribution in [2.75, 3.05) is 14.2 Å². The quantitative estimate of drug-likeness (QED) is 0.791. The summed E-state index contributed by atoms with van der Waals surface area (Å²) in [5.41, 5.74) is 0.318. The predicted octanol–water partition coefficient (Wildman–Crippen LogP) is 2.36. The van der Waals surface area contributed by atoms with Crippen LogP contribution >= 0.6 is 0 Å². The molecule has 1 aromatic carbocycles. The molecule has 0 aliphatic rings. The first-order chi connectivity index (χ1) is 10.1. The largest absolute Gasteiger partial charge is 0.493 e. The fourth-order valence-corrected chi connectivity index (χ4v) is 2.07. The molecule has 1 aromatic heterocycles. The first-order valence-corrected chi connectivity index (χ1v) is 6.47. The van der Waals surface area contributed by atoms with Gasteiger partial charge in [0.2, 0.25) is 0 Å². The van der Waals surface area contributed by atoms with Gasteiger partial charge in [-0.05, 0) is 19.1 Å². The fraction of sp³-hybridized carbons (Fsp3) is 0.333. The minimum absolute atomic E-state index is 0.318. The second-order valence-corrected chi connectivity index (χ2v) is 4.48. The maximum atomic E-state index is 11.9. The smallest absolute Gasteiger partial charge is 0.341 e. The van der Waals surface area contributed by atoms with Crippen LogP contribution in [0.5, 0.6) is 11.5 Å². The summed E-state index contributed by atoms with van der Waals surface area (Å²) < 4.78 is 17.8. The van der Waals surface area contributed by atoms with Crippen LogP contribution in [0.15, 0.2) is 30.6 Å². The number of esters is 1. The van der Waals surface area contributed by atoms with Gasteiger partial charge < -0.3 is 18.8 Å². The SMILES string of the molecule is COC(=O)c1cccc(OC)c1OC(C)c1nccn1C. The molecule has 0 aliphatic heterocycles. The fourth-order valence-electron chi connectivity index (χ4n) is 2.07. The lowest BCUT2D eigenvalue weighted by Crippen LogP contribution is -2.13. The predicted molar refractivity (Wildman–Crippen MR) is 76.6 cm³/mol. The van der Waals surface area contributed by atoms with E-state index >= 15 is 0 Å². The summed E-state index contributed by atoms with van der Waals surface area (Å²) in [5, 5.41) is 0. The van der Waals surface area contributed by atoms with E-state index in [1.54, 1.807) is 24.4 Å². The molecule has 0 saturated carbocycles. The zero-order valence-electron chi connectivity index (χ0n) is 12.5. The molecule has 0 spiro atoms. The third-order valence-electron chi connectivity index (χ3n) is 3.12. The van der Waals surface area contributed by atoms with Gasteiger partial charge >= 0.3 is 5.97 Å². The highest BCUT2D eigenvalue weighted by Gasteiger charge is 2.21. The number of nitrogens with zero attached hydrogens (tertiary/aromatic N) is 2. The van der Waals surface area contributed by atoms with Crippen LogP contribution in [-0.2, 0) is 11.8 Å². The van der Waals surface area contributed by atoms with Crippen LogP contribution in [0.2, 0.25) is 0 Å². The minimum Gasteiger partial charge on any atom is -0.493 e. The lowest BCUT2D eigenvalue weighted by atomic mass is 10.2. The standard InChI is InChI=1S/C15H18N2O4/c1-10(14-16-8-9-17(14)2)21-13-11(15(18)20-4)6-5-7-12(13)19-3/h5-10H,1-4H3. The third-order valence-corrected chi connectivity index (χ3v) is 3.12. The van der Waals surface area contributed by atoms with Crippen molar-refractivity contribution in [2.45, 2.75) is 13.0 Å². The summed E-state index contributed by atoms with van der Waals surface area (Å²) >= 11 is 0. The van der Waals surface area contributed by atoms with E-state index in [1.165, 1.54) is 14.2 Å². The molecule has 0 saturated heterocycles. The van der Waals surface area contributed by atoms with Crippen LogP contribution in [0.25, 0.3) is 0 Å². The van der Waals surface area contributed by atoms with Gasteiger partial charge in [-0.25, -0.2) is 9.78 Å². The molecule has 1 heterocycles. The van der Waals surface area contributed by atoms with Gasteiger partial charge in [-0.3, -0.25) is 0 Å². The van der Waals surface area contributed by atoms with Gasteiger partial charge in [-0.1, -0.05) is 6.07 Å². The minimum atomic E-state index is -0.476. The molecule has 6 heteroatoms. The number of aryl methyl sites for hydroxylation is 1. The number of methoxy groups -OCH3 is 2. The number of para-hydroxylation sites is 1. The summed E-state index contributed by atoms with van der Waals surface area (Å²) in [6.45, 7) is 1.86. The van der Waals surface area contributed by atoms with Crippen molar-refractivity contribution in [3.05, 3.63) is 42.0 Å². The van der Waals surface area contributed by atoms with E-state index in [0.29, 0.717) is 17.1 Å². The Morgan fingerprint density at radius 1 is 1.33 bits per heavy atom. The van der Waals surface area contributed by atoms with Crippen molar-refractivity contribution >= 4 is 5.97 Å². The van der Waals surface area contributed by atoms with Crippen LogP contribution in [0.3, 0.4) is 0 Å². The van der Waals surface area contributed by atoms with E-state index in [2.05, 4.69) is 4.98 Å². The van der Waals surface area contributed by atoms with Gasteiger partial charge in [-0.15, -0.1) is 0 Å². The molecular weight excluding hydrogens is 272 g/mol. The number of carbonyl (C=O) groups is 1. The van der Waals surface area contributed by atoms with Crippen LogP contribution in [0.4, 0.5) is 0 Å². The zero-order chi connectivity index (χ0) is 15.4. The molecule has 0 bridgehead atoms. The summed E-state index contributed by atoms with van der Waals surface area (Å²) in [7, 11) is 4.73. The number of hydrogen-bond acceptors (Lipinski definition) is 5. The Labute approximate surface area is 123 Å². The number of ether oxygens (including phenoxy) is 3. The Kier molecular flexibility index (Phi) is 4.47. The number of aromatic nitrogens is 2. The van der Waals surface area contributed by atoms with E-state index in [9.17, 15) is 4.79 Å². The number of rotatable bonds is 5. The van der Waals surface area contributed by atoms with Gasteiger partial charge in [0.25, 0.3) is 0 Å². The van der Waals surface area contributed by atoms with Crippen molar-refractivity contribution in [2.24, 2.45) is 7.05 Å². The molecule has 1 atom stereocenters. The van der Waals surface area contributed by atoms with Crippen molar-refractivity contribution in [3.63, 3.8) is 0 Å². The Hall–Kier alpha value is -2.50. The average molecular weight is 290 g/mol. The van der Waals surface area contributed by atoms with E-state index in [1.807, 2.05) is 24.7 Å². The summed E-state index contributed by atoms with van der Waals surface area (Å²) in [4.78, 5) is 16.1. The van der Waals surface area contributed by atoms with E-state index in [-0.39, 0.29) is 6.10 Å². The van der Waals surface area contributed by atoms with E-state index in [0.717, 1.165) is 5.82 Å². The maximum Gasteiger partial charge on any atom is 0.341 e. The first kappa shape index (κ1) is 14.9. The highest BCUT2D eigenvalue weighted by molar-refractivity contribution is 5.93. The van der Waals surface area contributed by atoms with Crippen LogP contribution < -0.4 is 9.47 Å². The van der Waals surface area contributed by atoms with Gasteiger partial charge in [0.1, 0.15) is 11.4 Å². The molecule has 0 N–H and O–H groups in total. The molecule has 0 fully saturated rings. The number of benzene rings is 1. The van der Waals surface area contributed by atoms with E-state index in [4.69, 9.17) is 14.2 Å². The van der Waals surface area contributed by atoms with Gasteiger partial charge in [0.05, 0.1) is 14.2 Å². The monoisotopic (exact) mass is 290 g/mol. The second kappa shape index (κ2) is 6.30.